The predicted molar refractivity (Wildman–Crippen MR) is 109 cm³/mol. The summed E-state index contributed by atoms with van der Waals surface area (Å²) in [6.45, 7) is 5.91. The Bertz CT molecular complexity index is 774. The molecule has 4 rings (SSSR count). The van der Waals surface area contributed by atoms with Crippen LogP contribution in [0, 0.1) is 0 Å². The summed E-state index contributed by atoms with van der Waals surface area (Å²) in [6, 6.07) is 6.25. The number of rotatable bonds is 7. The maximum Gasteiger partial charge on any atom is 0.276 e. The van der Waals surface area contributed by atoms with Crippen molar-refractivity contribution in [3.63, 3.8) is 0 Å². The Labute approximate surface area is 171 Å². The molecule has 0 aliphatic carbocycles. The van der Waals surface area contributed by atoms with Gasteiger partial charge in [0, 0.05) is 44.1 Å². The maximum atomic E-state index is 13.1. The Morgan fingerprint density at radius 3 is 2.86 bits per heavy atom. The summed E-state index contributed by atoms with van der Waals surface area (Å²) < 4.78 is 7.17. The molecular weight excluding hydrogens is 368 g/mol. The van der Waals surface area contributed by atoms with Gasteiger partial charge in [-0.25, -0.2) is 0 Å². The van der Waals surface area contributed by atoms with Crippen LogP contribution in [0.5, 0.6) is 0 Å². The van der Waals surface area contributed by atoms with E-state index in [2.05, 4.69) is 26.3 Å². The average molecular weight is 399 g/mol. The van der Waals surface area contributed by atoms with Gasteiger partial charge >= 0.3 is 0 Å². The van der Waals surface area contributed by atoms with Crippen LogP contribution >= 0.6 is 0 Å². The number of pyridine rings is 1. The summed E-state index contributed by atoms with van der Waals surface area (Å²) in [4.78, 5) is 21.9. The van der Waals surface area contributed by atoms with Crippen LogP contribution in [0.3, 0.4) is 0 Å². The topological polar surface area (TPSA) is 76.4 Å². The number of aromatic nitrogens is 4. The molecule has 0 aromatic carbocycles. The largest absolute Gasteiger partial charge is 0.379 e. The molecule has 4 heterocycles. The molecule has 2 fully saturated rings. The van der Waals surface area contributed by atoms with Crippen molar-refractivity contribution in [2.45, 2.75) is 44.7 Å². The highest BCUT2D eigenvalue weighted by molar-refractivity contribution is 5.92. The molecule has 0 unspecified atom stereocenters. The van der Waals surface area contributed by atoms with Crippen LogP contribution in [0.2, 0.25) is 0 Å². The number of amides is 1. The van der Waals surface area contributed by atoms with Gasteiger partial charge in [0.2, 0.25) is 0 Å². The first kappa shape index (κ1) is 20.0. The Hall–Kier alpha value is -2.32. The molecule has 8 heteroatoms. The standard InChI is InChI=1S/C21H30N6O2/c28-21(20-17-26(24-23-20)12-11-25-13-15-29-16-14-25)27-10-4-2-6-19(27)8-7-18-5-1-3-9-22-18/h1,3,5,9,17,19H,2,4,6-8,10-16H2/t19-/m1/s1. The Morgan fingerprint density at radius 1 is 1.14 bits per heavy atom. The summed E-state index contributed by atoms with van der Waals surface area (Å²) in [5.74, 6) is 0.00773. The van der Waals surface area contributed by atoms with E-state index in [4.69, 9.17) is 4.74 Å². The fourth-order valence-corrected chi connectivity index (χ4v) is 4.15. The highest BCUT2D eigenvalue weighted by Crippen LogP contribution is 2.22. The molecule has 0 spiro atoms. The third-order valence-electron chi connectivity index (χ3n) is 5.85. The number of piperidine rings is 1. The van der Waals surface area contributed by atoms with Gasteiger partial charge in [-0.1, -0.05) is 11.3 Å². The summed E-state index contributed by atoms with van der Waals surface area (Å²) in [6.07, 6.45) is 8.72. The third-order valence-corrected chi connectivity index (χ3v) is 5.85. The lowest BCUT2D eigenvalue weighted by molar-refractivity contribution is 0.0359. The predicted octanol–water partition coefficient (Wildman–Crippen LogP) is 1.63. The molecule has 0 N–H and O–H groups in total. The number of ether oxygens (including phenoxy) is 1. The van der Waals surface area contributed by atoms with Crippen molar-refractivity contribution in [3.05, 3.63) is 42.0 Å². The van der Waals surface area contributed by atoms with Crippen LogP contribution in [0.1, 0.15) is 41.9 Å². The summed E-state index contributed by atoms with van der Waals surface area (Å²) in [5, 5.41) is 8.36. The number of morpholine rings is 1. The number of hydrogen-bond donors (Lipinski definition) is 0. The van der Waals surface area contributed by atoms with Crippen molar-refractivity contribution in [2.24, 2.45) is 0 Å². The van der Waals surface area contributed by atoms with E-state index in [1.54, 1.807) is 10.9 Å². The van der Waals surface area contributed by atoms with Gasteiger partial charge in [0.05, 0.1) is 26.0 Å². The van der Waals surface area contributed by atoms with Gasteiger partial charge < -0.3 is 9.64 Å². The fourth-order valence-electron chi connectivity index (χ4n) is 4.15. The summed E-state index contributed by atoms with van der Waals surface area (Å²) >= 11 is 0. The lowest BCUT2D eigenvalue weighted by Gasteiger charge is -2.35. The van der Waals surface area contributed by atoms with Crippen LogP contribution in [-0.4, -0.2) is 81.1 Å². The molecule has 2 aromatic heterocycles. The molecule has 2 saturated heterocycles. The molecule has 156 valence electrons. The molecule has 0 saturated carbocycles. The molecule has 0 radical (unpaired) electrons. The van der Waals surface area contributed by atoms with Crippen molar-refractivity contribution < 1.29 is 9.53 Å². The SMILES string of the molecule is O=C(c1cn(CCN2CCOCC2)nn1)N1CCCC[C@@H]1CCc1ccccn1. The minimum Gasteiger partial charge on any atom is -0.379 e. The molecule has 0 bridgehead atoms. The van der Waals surface area contributed by atoms with Gasteiger partial charge in [0.1, 0.15) is 0 Å². The normalized spacial score (nSPS) is 20.7. The van der Waals surface area contributed by atoms with Gasteiger partial charge in [0.15, 0.2) is 5.69 Å². The van der Waals surface area contributed by atoms with Crippen molar-refractivity contribution >= 4 is 5.91 Å². The molecule has 8 nitrogen and oxygen atoms in total. The minimum absolute atomic E-state index is 0.00773. The fraction of sp³-hybridized carbons (Fsp3) is 0.619. The first-order valence-electron chi connectivity index (χ1n) is 10.7. The van der Waals surface area contributed by atoms with Gasteiger partial charge in [0.25, 0.3) is 5.91 Å². The lowest BCUT2D eigenvalue weighted by atomic mass is 9.96. The molecular formula is C21H30N6O2. The van der Waals surface area contributed by atoms with Gasteiger partial charge in [-0.2, -0.15) is 0 Å². The molecule has 2 aliphatic heterocycles. The van der Waals surface area contributed by atoms with Crippen molar-refractivity contribution in [1.29, 1.82) is 0 Å². The van der Waals surface area contributed by atoms with E-state index in [1.807, 2.05) is 23.2 Å². The third kappa shape index (κ3) is 5.39. The second kappa shape index (κ2) is 9.93. The minimum atomic E-state index is 0.00773. The molecule has 2 aromatic rings. The molecule has 2 aliphatic rings. The van der Waals surface area contributed by atoms with Gasteiger partial charge in [-0.15, -0.1) is 5.10 Å². The zero-order valence-corrected chi connectivity index (χ0v) is 16.9. The molecule has 29 heavy (non-hydrogen) atoms. The summed E-state index contributed by atoms with van der Waals surface area (Å²) in [7, 11) is 0. The van der Waals surface area contributed by atoms with Crippen molar-refractivity contribution in [3.8, 4) is 0 Å². The monoisotopic (exact) mass is 398 g/mol. The first-order valence-corrected chi connectivity index (χ1v) is 10.7. The van der Waals surface area contributed by atoms with E-state index in [0.29, 0.717) is 5.69 Å². The average Bonchev–Trinajstić information content (AvgIpc) is 3.26. The highest BCUT2D eigenvalue weighted by atomic mass is 16.5. The Kier molecular flexibility index (Phi) is 6.84. The zero-order valence-electron chi connectivity index (χ0n) is 16.9. The highest BCUT2D eigenvalue weighted by Gasteiger charge is 2.29. The van der Waals surface area contributed by atoms with E-state index in [-0.39, 0.29) is 11.9 Å². The van der Waals surface area contributed by atoms with Gasteiger partial charge in [-0.05, 0) is 44.2 Å². The zero-order chi connectivity index (χ0) is 19.9. The second-order valence-corrected chi connectivity index (χ2v) is 7.83. The van der Waals surface area contributed by atoms with E-state index in [0.717, 1.165) is 77.3 Å². The molecule has 1 atom stereocenters. The quantitative estimate of drug-likeness (QED) is 0.706. The number of aryl methyl sites for hydroxylation is 1. The maximum absolute atomic E-state index is 13.1. The second-order valence-electron chi connectivity index (χ2n) is 7.83. The Morgan fingerprint density at radius 2 is 2.03 bits per heavy atom. The van der Waals surface area contributed by atoms with Crippen molar-refractivity contribution in [2.75, 3.05) is 39.4 Å². The number of hydrogen-bond acceptors (Lipinski definition) is 6. The Balaban J connectivity index is 1.33. The van der Waals surface area contributed by atoms with Crippen LogP contribution in [0.15, 0.2) is 30.6 Å². The van der Waals surface area contributed by atoms with E-state index in [1.165, 1.54) is 6.42 Å². The summed E-state index contributed by atoms with van der Waals surface area (Å²) in [5.41, 5.74) is 1.54. The number of likely N-dealkylation sites (tertiary alicyclic amines) is 1. The van der Waals surface area contributed by atoms with Crippen LogP contribution in [0.25, 0.3) is 0 Å². The first-order chi connectivity index (χ1) is 14.3. The van der Waals surface area contributed by atoms with E-state index >= 15 is 0 Å². The number of carbonyl (C=O) groups is 1. The van der Waals surface area contributed by atoms with Crippen LogP contribution < -0.4 is 0 Å². The lowest BCUT2D eigenvalue weighted by Crippen LogP contribution is -2.44. The number of carbonyl (C=O) groups excluding carboxylic acids is 1. The van der Waals surface area contributed by atoms with Gasteiger partial charge in [-0.3, -0.25) is 19.4 Å². The van der Waals surface area contributed by atoms with Crippen LogP contribution in [0.4, 0.5) is 0 Å². The smallest absolute Gasteiger partial charge is 0.276 e. The van der Waals surface area contributed by atoms with E-state index < -0.39 is 0 Å². The number of nitrogens with zero attached hydrogens (tertiary/aromatic N) is 6. The molecule has 1 amide bonds. The van der Waals surface area contributed by atoms with E-state index in [9.17, 15) is 4.79 Å². The van der Waals surface area contributed by atoms with Crippen molar-refractivity contribution in [1.82, 2.24) is 29.8 Å². The van der Waals surface area contributed by atoms with Crippen LogP contribution in [-0.2, 0) is 17.7 Å².